The zero-order chi connectivity index (χ0) is 36.6. The predicted molar refractivity (Wildman–Crippen MR) is 209 cm³/mol. The Morgan fingerprint density at radius 2 is 1.66 bits per heavy atom. The van der Waals surface area contributed by atoms with E-state index in [-0.39, 0.29) is 18.2 Å². The van der Waals surface area contributed by atoms with Gasteiger partial charge in [0.15, 0.2) is 18.2 Å². The molecular weight excluding hydrogens is 668 g/mol. The standard InChI is InChI=1S/C42H46N6O5/c1-29-23-36-35(25-37(29)47-21-11-6-12-22-47)42(50)48(40(46-36)30-13-7-5-8-14-30)32-15-17-33(18-16-32)52-28-45-53-39-24-31-27-43-19-9-3-4-10-20-44-41(49)34(31)26-38(39)51-2/h5,7-8,13-19,23-26,45H,3-4,6,9-12,20-22,27-28H2,1-2H3,(H,44,49). The molecule has 0 spiro atoms. The van der Waals surface area contributed by atoms with Crippen LogP contribution in [0.4, 0.5) is 5.69 Å². The van der Waals surface area contributed by atoms with Crippen LogP contribution < -0.4 is 35.6 Å². The number of anilines is 1. The summed E-state index contributed by atoms with van der Waals surface area (Å²) >= 11 is 0. The number of methoxy groups -OCH3 is 1. The summed E-state index contributed by atoms with van der Waals surface area (Å²) in [6, 6.07) is 24.7. The van der Waals surface area contributed by atoms with Gasteiger partial charge in [-0.2, -0.15) is 0 Å². The van der Waals surface area contributed by atoms with Crippen molar-refractivity contribution in [3.8, 4) is 34.3 Å². The van der Waals surface area contributed by atoms with Crippen LogP contribution in [0.3, 0.4) is 0 Å². The number of hydrogen-bond acceptors (Lipinski definition) is 9. The minimum Gasteiger partial charge on any atom is -0.493 e. The van der Waals surface area contributed by atoms with E-state index < -0.39 is 0 Å². The maximum absolute atomic E-state index is 14.4. The zero-order valence-electron chi connectivity index (χ0n) is 30.4. The Labute approximate surface area is 309 Å². The molecule has 2 N–H and O–H groups in total. The maximum atomic E-state index is 14.4. The van der Waals surface area contributed by atoms with Gasteiger partial charge >= 0.3 is 0 Å². The number of carbonyl (C=O) groups is 1. The van der Waals surface area contributed by atoms with Crippen molar-refractivity contribution in [2.45, 2.75) is 58.4 Å². The SMILES string of the molecule is COc1cc2c(cc1ONCOc1ccc(-n3c(-c4ccccc4)nc4cc(C)c(N5CCCCC5)cc4c3=O)cc1)CN=CCCCCCNC2=O. The van der Waals surface area contributed by atoms with E-state index in [1.54, 1.807) is 16.7 Å². The van der Waals surface area contributed by atoms with Gasteiger partial charge in [-0.1, -0.05) is 36.8 Å². The van der Waals surface area contributed by atoms with E-state index in [2.05, 4.69) is 27.6 Å². The van der Waals surface area contributed by atoms with Crippen molar-refractivity contribution in [1.82, 2.24) is 20.3 Å². The van der Waals surface area contributed by atoms with Gasteiger partial charge in [-0.05, 0) is 111 Å². The molecule has 11 heteroatoms. The zero-order valence-corrected chi connectivity index (χ0v) is 30.4. The van der Waals surface area contributed by atoms with E-state index in [9.17, 15) is 9.59 Å². The molecule has 4 aromatic carbocycles. The van der Waals surface area contributed by atoms with E-state index >= 15 is 0 Å². The molecule has 0 bridgehead atoms. The number of carbonyl (C=O) groups excluding carboxylic acids is 1. The molecule has 0 saturated carbocycles. The van der Waals surface area contributed by atoms with Crippen molar-refractivity contribution >= 4 is 28.7 Å². The minimum atomic E-state index is -0.157. The van der Waals surface area contributed by atoms with Crippen molar-refractivity contribution in [2.24, 2.45) is 4.99 Å². The molecule has 2 aliphatic rings. The first kappa shape index (κ1) is 35.7. The quantitative estimate of drug-likeness (QED) is 0.0939. The number of hydroxylamine groups is 1. The molecular formula is C42H46N6O5. The third-order valence-electron chi connectivity index (χ3n) is 9.81. The summed E-state index contributed by atoms with van der Waals surface area (Å²) in [5, 5.41) is 3.59. The summed E-state index contributed by atoms with van der Waals surface area (Å²) in [5.74, 6) is 1.81. The molecule has 11 nitrogen and oxygen atoms in total. The van der Waals surface area contributed by atoms with Gasteiger partial charge in [0.1, 0.15) is 11.6 Å². The average molecular weight is 715 g/mol. The summed E-state index contributed by atoms with van der Waals surface area (Å²) < 4.78 is 13.2. The van der Waals surface area contributed by atoms with Gasteiger partial charge in [0, 0.05) is 36.4 Å². The second-order valence-corrected chi connectivity index (χ2v) is 13.5. The lowest BCUT2D eigenvalue weighted by molar-refractivity contribution is 0.0950. The normalized spacial score (nSPS) is 15.2. The van der Waals surface area contributed by atoms with Crippen LogP contribution in [0, 0.1) is 6.92 Å². The summed E-state index contributed by atoms with van der Waals surface area (Å²) in [5.41, 5.74) is 8.40. The fraction of sp³-hybridized carbons (Fsp3) is 0.333. The van der Waals surface area contributed by atoms with E-state index in [0.717, 1.165) is 74.0 Å². The van der Waals surface area contributed by atoms with Crippen LogP contribution in [0.1, 0.15) is 66.4 Å². The number of piperidine rings is 1. The number of nitrogens with zero attached hydrogens (tertiary/aromatic N) is 4. The Hall–Kier alpha value is -5.68. The van der Waals surface area contributed by atoms with E-state index in [4.69, 9.17) is 19.3 Å². The number of benzene rings is 4. The first-order valence-electron chi connectivity index (χ1n) is 18.5. The number of fused-ring (bicyclic) bond motifs is 2. The highest BCUT2D eigenvalue weighted by atomic mass is 16.7. The molecule has 3 heterocycles. The van der Waals surface area contributed by atoms with Gasteiger partial charge in [-0.3, -0.25) is 19.1 Å². The highest BCUT2D eigenvalue weighted by molar-refractivity contribution is 5.96. The molecule has 2 aliphatic heterocycles. The number of rotatable bonds is 9. The second kappa shape index (κ2) is 16.8. The van der Waals surface area contributed by atoms with Crippen molar-refractivity contribution in [2.75, 3.05) is 38.4 Å². The summed E-state index contributed by atoms with van der Waals surface area (Å²) in [6.07, 6.45) is 9.39. The van der Waals surface area contributed by atoms with Gasteiger partial charge in [0.25, 0.3) is 11.5 Å². The summed E-state index contributed by atoms with van der Waals surface area (Å²) in [6.45, 7) is 5.08. The second-order valence-electron chi connectivity index (χ2n) is 13.5. The number of hydrogen-bond donors (Lipinski definition) is 2. The molecule has 53 heavy (non-hydrogen) atoms. The smallest absolute Gasteiger partial charge is 0.266 e. The maximum Gasteiger partial charge on any atom is 0.266 e. The van der Waals surface area contributed by atoms with Crippen molar-refractivity contribution in [3.63, 3.8) is 0 Å². The molecule has 1 amide bonds. The number of aryl methyl sites for hydroxylation is 1. The highest BCUT2D eigenvalue weighted by Crippen LogP contribution is 2.32. The number of nitrogens with one attached hydrogen (secondary N) is 2. The van der Waals surface area contributed by atoms with Gasteiger partial charge in [0.2, 0.25) is 0 Å². The Kier molecular flexibility index (Phi) is 11.3. The van der Waals surface area contributed by atoms with Crippen LogP contribution in [0.15, 0.2) is 88.6 Å². The molecule has 1 fully saturated rings. The first-order chi connectivity index (χ1) is 26.0. The van der Waals surface area contributed by atoms with Crippen molar-refractivity contribution < 1.29 is 19.1 Å². The van der Waals surface area contributed by atoms with Crippen LogP contribution in [-0.2, 0) is 6.54 Å². The Balaban J connectivity index is 1.10. The third-order valence-corrected chi connectivity index (χ3v) is 9.81. The lowest BCUT2D eigenvalue weighted by Crippen LogP contribution is -2.30. The Bertz CT molecular complexity index is 2140. The number of ether oxygens (including phenoxy) is 2. The number of aromatic nitrogens is 2. The van der Waals surface area contributed by atoms with Gasteiger partial charge in [0.05, 0.1) is 30.2 Å². The highest BCUT2D eigenvalue weighted by Gasteiger charge is 2.20. The Morgan fingerprint density at radius 1 is 0.868 bits per heavy atom. The molecule has 274 valence electrons. The van der Waals surface area contributed by atoms with E-state index in [0.29, 0.717) is 58.3 Å². The Morgan fingerprint density at radius 3 is 2.45 bits per heavy atom. The lowest BCUT2D eigenvalue weighted by Gasteiger charge is -2.30. The molecule has 0 atom stereocenters. The van der Waals surface area contributed by atoms with Crippen LogP contribution in [0.25, 0.3) is 28.0 Å². The fourth-order valence-electron chi connectivity index (χ4n) is 7.01. The summed E-state index contributed by atoms with van der Waals surface area (Å²) in [4.78, 5) is 45.2. The van der Waals surface area contributed by atoms with Crippen LogP contribution in [-0.4, -0.2) is 55.1 Å². The monoisotopic (exact) mass is 714 g/mol. The minimum absolute atomic E-state index is 0.0175. The van der Waals surface area contributed by atoms with Gasteiger partial charge in [-0.25, -0.2) is 4.98 Å². The van der Waals surface area contributed by atoms with Crippen LogP contribution in [0.2, 0.25) is 0 Å². The molecule has 5 aromatic rings. The molecule has 1 saturated heterocycles. The van der Waals surface area contributed by atoms with Crippen LogP contribution in [0.5, 0.6) is 17.2 Å². The molecule has 0 radical (unpaired) electrons. The molecule has 0 aliphatic carbocycles. The van der Waals surface area contributed by atoms with Crippen molar-refractivity contribution in [3.05, 3.63) is 106 Å². The summed E-state index contributed by atoms with van der Waals surface area (Å²) in [7, 11) is 1.53. The number of aliphatic imine (C=N–C) groups is 1. The fourth-order valence-corrected chi connectivity index (χ4v) is 7.01. The molecule has 1 aromatic heterocycles. The van der Waals surface area contributed by atoms with E-state index in [1.807, 2.05) is 72.9 Å². The average Bonchev–Trinajstić information content (AvgIpc) is 3.19. The third kappa shape index (κ3) is 8.20. The van der Waals surface area contributed by atoms with Gasteiger partial charge in [-0.15, -0.1) is 5.48 Å². The number of amides is 1. The lowest BCUT2D eigenvalue weighted by atomic mass is 10.0. The predicted octanol–water partition coefficient (Wildman–Crippen LogP) is 7.15. The van der Waals surface area contributed by atoms with Crippen molar-refractivity contribution in [1.29, 1.82) is 0 Å². The first-order valence-corrected chi connectivity index (χ1v) is 18.5. The molecule has 7 rings (SSSR count). The topological polar surface area (TPSA) is 119 Å². The van der Waals surface area contributed by atoms with Gasteiger partial charge < -0.3 is 24.5 Å². The molecule has 0 unspecified atom stereocenters. The largest absolute Gasteiger partial charge is 0.493 e. The van der Waals surface area contributed by atoms with E-state index in [1.165, 1.54) is 13.5 Å². The van der Waals surface area contributed by atoms with Crippen LogP contribution >= 0.6 is 0 Å².